The van der Waals surface area contributed by atoms with Crippen LogP contribution in [-0.2, 0) is 16.0 Å². The highest BCUT2D eigenvalue weighted by Gasteiger charge is 2.16. The van der Waals surface area contributed by atoms with Crippen LogP contribution in [0.1, 0.15) is 12.0 Å². The van der Waals surface area contributed by atoms with Crippen molar-refractivity contribution in [1.82, 2.24) is 4.90 Å². The fourth-order valence-electron chi connectivity index (χ4n) is 1.94. The van der Waals surface area contributed by atoms with Crippen molar-refractivity contribution in [2.45, 2.75) is 12.8 Å². The van der Waals surface area contributed by atoms with Gasteiger partial charge in [0.15, 0.2) is 0 Å². The van der Waals surface area contributed by atoms with Gasteiger partial charge in [0.25, 0.3) is 0 Å². The van der Waals surface area contributed by atoms with Gasteiger partial charge in [-0.25, -0.2) is 0 Å². The van der Waals surface area contributed by atoms with Gasteiger partial charge in [-0.2, -0.15) is 0 Å². The molecule has 0 bridgehead atoms. The molecule has 98 valence electrons. The summed E-state index contributed by atoms with van der Waals surface area (Å²) in [5, 5.41) is 1.24. The van der Waals surface area contributed by atoms with Gasteiger partial charge in [0, 0.05) is 29.6 Å². The third-order valence-corrected chi connectivity index (χ3v) is 3.57. The van der Waals surface area contributed by atoms with E-state index in [1.165, 1.54) is 0 Å². The van der Waals surface area contributed by atoms with Crippen molar-refractivity contribution < 1.29 is 9.53 Å². The van der Waals surface area contributed by atoms with E-state index in [4.69, 9.17) is 27.9 Å². The smallest absolute Gasteiger partial charge is 0.223 e. The fraction of sp³-hybridized carbons (Fsp3) is 0.462. The summed E-state index contributed by atoms with van der Waals surface area (Å²) in [4.78, 5) is 13.8. The van der Waals surface area contributed by atoms with E-state index in [0.717, 1.165) is 5.56 Å². The quantitative estimate of drug-likeness (QED) is 0.856. The van der Waals surface area contributed by atoms with Crippen LogP contribution in [0, 0.1) is 0 Å². The SMILES string of the molecule is O=C(CCc1ccc(Cl)cc1Cl)N1CCOCC1. The molecular formula is C13H15Cl2NO2. The summed E-state index contributed by atoms with van der Waals surface area (Å²) in [5.41, 5.74) is 0.961. The maximum atomic E-state index is 12.0. The van der Waals surface area contributed by atoms with Gasteiger partial charge in [0.2, 0.25) is 5.91 Å². The summed E-state index contributed by atoms with van der Waals surface area (Å²) in [6.45, 7) is 2.64. The monoisotopic (exact) mass is 287 g/mol. The van der Waals surface area contributed by atoms with Crippen molar-refractivity contribution in [1.29, 1.82) is 0 Å². The Morgan fingerprint density at radius 3 is 2.67 bits per heavy atom. The van der Waals surface area contributed by atoms with E-state index >= 15 is 0 Å². The summed E-state index contributed by atoms with van der Waals surface area (Å²) in [6, 6.07) is 5.37. The Bertz CT molecular complexity index is 431. The minimum atomic E-state index is 0.157. The normalized spacial score (nSPS) is 15.8. The van der Waals surface area contributed by atoms with Crippen LogP contribution in [0.5, 0.6) is 0 Å². The highest BCUT2D eigenvalue weighted by Crippen LogP contribution is 2.22. The average Bonchev–Trinajstić information content (AvgIpc) is 2.38. The molecule has 1 fully saturated rings. The lowest BCUT2D eigenvalue weighted by atomic mass is 10.1. The molecule has 1 heterocycles. The Labute approximate surface area is 117 Å². The Morgan fingerprint density at radius 1 is 1.28 bits per heavy atom. The second-order valence-electron chi connectivity index (χ2n) is 4.23. The van der Waals surface area contributed by atoms with Gasteiger partial charge in [-0.3, -0.25) is 4.79 Å². The van der Waals surface area contributed by atoms with Crippen molar-refractivity contribution in [3.63, 3.8) is 0 Å². The molecule has 0 spiro atoms. The number of benzene rings is 1. The standard InChI is InChI=1S/C13H15Cl2NO2/c14-11-3-1-10(12(15)9-11)2-4-13(17)16-5-7-18-8-6-16/h1,3,9H,2,4-8H2. The molecule has 18 heavy (non-hydrogen) atoms. The number of carbonyl (C=O) groups excluding carboxylic acids is 1. The number of carbonyl (C=O) groups is 1. The van der Waals surface area contributed by atoms with Crippen LogP contribution >= 0.6 is 23.2 Å². The maximum absolute atomic E-state index is 12.0. The zero-order valence-corrected chi connectivity index (χ0v) is 11.5. The van der Waals surface area contributed by atoms with Crippen molar-refractivity contribution >= 4 is 29.1 Å². The molecule has 2 rings (SSSR count). The molecule has 0 saturated carbocycles. The molecule has 1 amide bonds. The van der Waals surface area contributed by atoms with Gasteiger partial charge in [-0.15, -0.1) is 0 Å². The molecule has 1 aromatic rings. The second-order valence-corrected chi connectivity index (χ2v) is 5.07. The Balaban J connectivity index is 1.88. The van der Waals surface area contributed by atoms with Crippen LogP contribution in [0.2, 0.25) is 10.0 Å². The molecule has 1 aliphatic rings. The minimum Gasteiger partial charge on any atom is -0.378 e. The van der Waals surface area contributed by atoms with Crippen LogP contribution in [0.25, 0.3) is 0 Å². The van der Waals surface area contributed by atoms with Gasteiger partial charge in [-0.05, 0) is 24.1 Å². The number of morpholine rings is 1. The number of ether oxygens (including phenoxy) is 1. The van der Waals surface area contributed by atoms with Gasteiger partial charge in [0.05, 0.1) is 13.2 Å². The van der Waals surface area contributed by atoms with E-state index < -0.39 is 0 Å². The number of hydrogen-bond donors (Lipinski definition) is 0. The molecule has 5 heteroatoms. The molecule has 0 radical (unpaired) electrons. The lowest BCUT2D eigenvalue weighted by molar-refractivity contribution is -0.135. The van der Waals surface area contributed by atoms with Crippen LogP contribution < -0.4 is 0 Å². The molecular weight excluding hydrogens is 273 g/mol. The Morgan fingerprint density at radius 2 is 2.00 bits per heavy atom. The zero-order valence-electron chi connectivity index (χ0n) is 9.99. The van der Waals surface area contributed by atoms with E-state index in [2.05, 4.69) is 0 Å². The lowest BCUT2D eigenvalue weighted by Gasteiger charge is -2.26. The zero-order chi connectivity index (χ0) is 13.0. The Hall–Kier alpha value is -0.770. The van der Waals surface area contributed by atoms with Gasteiger partial charge in [-0.1, -0.05) is 29.3 Å². The fourth-order valence-corrected chi connectivity index (χ4v) is 2.44. The molecule has 0 aromatic heterocycles. The summed E-state index contributed by atoms with van der Waals surface area (Å²) in [7, 11) is 0. The van der Waals surface area contributed by atoms with E-state index in [1.54, 1.807) is 12.1 Å². The number of rotatable bonds is 3. The van der Waals surface area contributed by atoms with E-state index in [9.17, 15) is 4.79 Å². The predicted molar refractivity (Wildman–Crippen MR) is 72.2 cm³/mol. The molecule has 0 unspecified atom stereocenters. The van der Waals surface area contributed by atoms with E-state index in [0.29, 0.717) is 49.2 Å². The van der Waals surface area contributed by atoms with Crippen LogP contribution in [0.3, 0.4) is 0 Å². The number of halogens is 2. The van der Waals surface area contributed by atoms with E-state index in [-0.39, 0.29) is 5.91 Å². The van der Waals surface area contributed by atoms with Crippen LogP contribution in [0.15, 0.2) is 18.2 Å². The first-order valence-electron chi connectivity index (χ1n) is 5.96. The first-order valence-corrected chi connectivity index (χ1v) is 6.72. The third kappa shape index (κ3) is 3.61. The third-order valence-electron chi connectivity index (χ3n) is 2.99. The summed E-state index contributed by atoms with van der Waals surface area (Å²) in [6.07, 6.45) is 1.12. The molecule has 3 nitrogen and oxygen atoms in total. The lowest BCUT2D eigenvalue weighted by Crippen LogP contribution is -2.40. The van der Waals surface area contributed by atoms with Crippen molar-refractivity contribution in [2.75, 3.05) is 26.3 Å². The van der Waals surface area contributed by atoms with Crippen LogP contribution in [-0.4, -0.2) is 37.1 Å². The topological polar surface area (TPSA) is 29.5 Å². The number of hydrogen-bond acceptors (Lipinski definition) is 2. The van der Waals surface area contributed by atoms with Gasteiger partial charge in [0.1, 0.15) is 0 Å². The summed E-state index contributed by atoms with van der Waals surface area (Å²) < 4.78 is 5.22. The largest absolute Gasteiger partial charge is 0.378 e. The van der Waals surface area contributed by atoms with E-state index in [1.807, 2.05) is 11.0 Å². The van der Waals surface area contributed by atoms with Crippen molar-refractivity contribution in [3.8, 4) is 0 Å². The molecule has 1 saturated heterocycles. The predicted octanol–water partition coefficient (Wildman–Crippen LogP) is 2.78. The van der Waals surface area contributed by atoms with Gasteiger partial charge >= 0.3 is 0 Å². The van der Waals surface area contributed by atoms with Crippen molar-refractivity contribution in [3.05, 3.63) is 33.8 Å². The summed E-state index contributed by atoms with van der Waals surface area (Å²) >= 11 is 11.9. The molecule has 0 aliphatic carbocycles. The summed E-state index contributed by atoms with van der Waals surface area (Å²) in [5.74, 6) is 0.157. The first-order chi connectivity index (χ1) is 8.66. The molecule has 0 N–H and O–H groups in total. The molecule has 1 aromatic carbocycles. The number of aryl methyl sites for hydroxylation is 1. The van der Waals surface area contributed by atoms with Gasteiger partial charge < -0.3 is 9.64 Å². The first kappa shape index (κ1) is 13.7. The number of amides is 1. The number of nitrogens with zero attached hydrogens (tertiary/aromatic N) is 1. The van der Waals surface area contributed by atoms with Crippen LogP contribution in [0.4, 0.5) is 0 Å². The molecule has 1 aliphatic heterocycles. The molecule has 0 atom stereocenters. The second kappa shape index (κ2) is 6.41. The maximum Gasteiger partial charge on any atom is 0.223 e. The van der Waals surface area contributed by atoms with Crippen molar-refractivity contribution in [2.24, 2.45) is 0 Å². The highest BCUT2D eigenvalue weighted by molar-refractivity contribution is 6.35. The minimum absolute atomic E-state index is 0.157. The highest BCUT2D eigenvalue weighted by atomic mass is 35.5. The Kier molecular flexibility index (Phi) is 4.87. The average molecular weight is 288 g/mol.